The molecule has 9 heteroatoms. The van der Waals surface area contributed by atoms with Crippen molar-refractivity contribution in [2.45, 2.75) is 13.8 Å². The highest BCUT2D eigenvalue weighted by Crippen LogP contribution is 2.34. The van der Waals surface area contributed by atoms with Gasteiger partial charge in [0.2, 0.25) is 0 Å². The summed E-state index contributed by atoms with van der Waals surface area (Å²) in [5.41, 5.74) is 3.94. The number of aryl methyl sites for hydroxylation is 2. The molecule has 0 spiro atoms. The number of ether oxygens (including phenoxy) is 1. The maximum Gasteiger partial charge on any atom is 0.337 e. The molecule has 0 atom stereocenters. The van der Waals surface area contributed by atoms with Crippen molar-refractivity contribution in [3.8, 4) is 11.5 Å². The van der Waals surface area contributed by atoms with E-state index in [2.05, 4.69) is 25.4 Å². The number of pyridine rings is 2. The van der Waals surface area contributed by atoms with Gasteiger partial charge in [0.15, 0.2) is 11.5 Å². The van der Waals surface area contributed by atoms with E-state index in [4.69, 9.17) is 9.26 Å². The molecule has 0 aliphatic carbocycles. The second kappa shape index (κ2) is 8.24. The molecule has 3 heterocycles. The summed E-state index contributed by atoms with van der Waals surface area (Å²) in [5.74, 6) is 0.461. The van der Waals surface area contributed by atoms with Gasteiger partial charge in [-0.05, 0) is 44.2 Å². The van der Waals surface area contributed by atoms with E-state index >= 15 is 0 Å². The van der Waals surface area contributed by atoms with Crippen LogP contribution in [0.4, 0.5) is 11.4 Å². The number of rotatable bonds is 4. The number of nitrogens with zero attached hydrogens (tertiary/aromatic N) is 4. The van der Waals surface area contributed by atoms with Crippen molar-refractivity contribution >= 4 is 40.8 Å². The van der Waals surface area contributed by atoms with E-state index in [0.717, 1.165) is 11.1 Å². The molecule has 0 unspecified atom stereocenters. The molecule has 0 radical (unpaired) electrons. The first-order valence-corrected chi connectivity index (χ1v) is 8.57. The van der Waals surface area contributed by atoms with Gasteiger partial charge in [-0.25, -0.2) is 14.8 Å². The van der Waals surface area contributed by atoms with Gasteiger partial charge < -0.3 is 14.6 Å². The third-order valence-corrected chi connectivity index (χ3v) is 4.18. The summed E-state index contributed by atoms with van der Waals surface area (Å²) >= 11 is 0. The highest BCUT2D eigenvalue weighted by molar-refractivity contribution is 5.99. The van der Waals surface area contributed by atoms with Crippen molar-refractivity contribution in [3.05, 3.63) is 59.7 Å². The fourth-order valence-electron chi connectivity index (χ4n) is 2.86. The Bertz CT molecular complexity index is 1190. The van der Waals surface area contributed by atoms with Gasteiger partial charge in [-0.3, -0.25) is 0 Å². The van der Waals surface area contributed by atoms with Crippen molar-refractivity contribution in [2.75, 3.05) is 12.4 Å². The smallest absolute Gasteiger partial charge is 0.337 e. The molecule has 29 heavy (non-hydrogen) atoms. The van der Waals surface area contributed by atoms with Crippen LogP contribution in [0.3, 0.4) is 0 Å². The Morgan fingerprint density at radius 3 is 2.69 bits per heavy atom. The van der Waals surface area contributed by atoms with Gasteiger partial charge in [0.25, 0.3) is 5.89 Å². The van der Waals surface area contributed by atoms with Crippen LogP contribution in [-0.4, -0.2) is 33.2 Å². The number of carbonyl (C=O) groups excluding carboxylic acids is 1. The lowest BCUT2D eigenvalue weighted by molar-refractivity contribution is 0.0601. The largest absolute Gasteiger partial charge is 0.465 e. The van der Waals surface area contributed by atoms with Gasteiger partial charge in [-0.1, -0.05) is 11.2 Å². The van der Waals surface area contributed by atoms with Crippen LogP contribution >= 0.6 is 12.4 Å². The van der Waals surface area contributed by atoms with E-state index in [1.807, 2.05) is 25.1 Å². The number of methoxy groups -OCH3 is 1. The molecule has 3 aromatic heterocycles. The van der Waals surface area contributed by atoms with Crippen molar-refractivity contribution in [3.63, 3.8) is 0 Å². The fraction of sp³-hybridized carbons (Fsp3) is 0.150. The van der Waals surface area contributed by atoms with Crippen molar-refractivity contribution in [2.24, 2.45) is 0 Å². The van der Waals surface area contributed by atoms with Crippen LogP contribution in [0.5, 0.6) is 0 Å². The number of aromatic nitrogens is 4. The topological polar surface area (TPSA) is 103 Å². The highest BCUT2D eigenvalue weighted by atomic mass is 35.5. The van der Waals surface area contributed by atoms with Gasteiger partial charge in [-0.2, -0.15) is 4.98 Å². The summed E-state index contributed by atoms with van der Waals surface area (Å²) in [7, 11) is 1.35. The first-order chi connectivity index (χ1) is 13.5. The second-order valence-corrected chi connectivity index (χ2v) is 6.21. The minimum atomic E-state index is -0.409. The Balaban J connectivity index is 0.00000240. The lowest BCUT2D eigenvalue weighted by Crippen LogP contribution is -2.03. The van der Waals surface area contributed by atoms with Crippen LogP contribution in [0.2, 0.25) is 0 Å². The first-order valence-electron chi connectivity index (χ1n) is 8.57. The molecule has 8 nitrogen and oxygen atoms in total. The first kappa shape index (κ1) is 20.2. The zero-order valence-electron chi connectivity index (χ0n) is 16.0. The van der Waals surface area contributed by atoms with Crippen LogP contribution in [0.25, 0.3) is 22.5 Å². The Kier molecular flexibility index (Phi) is 5.74. The molecule has 0 fully saturated rings. The predicted octanol–water partition coefficient (Wildman–Crippen LogP) is 4.25. The number of esters is 1. The Hall–Kier alpha value is -3.52. The van der Waals surface area contributed by atoms with Crippen molar-refractivity contribution in [1.29, 1.82) is 0 Å². The van der Waals surface area contributed by atoms with E-state index < -0.39 is 5.97 Å². The van der Waals surface area contributed by atoms with E-state index in [1.54, 1.807) is 31.3 Å². The Labute approximate surface area is 172 Å². The zero-order valence-corrected chi connectivity index (χ0v) is 16.8. The Morgan fingerprint density at radius 2 is 1.97 bits per heavy atom. The number of hydrogen-bond donors (Lipinski definition) is 1. The average molecular weight is 412 g/mol. The standard InChI is InChI=1S/C20H17N5O3.ClH/c1-11-7-8-15-17(24-14-6-4-5-13(9-14)20(26)27-3)16(10-21-18(15)22-11)19-23-12(2)25-28-19;/h4-10H,1-3H3,(H,21,22,24);1H. The lowest BCUT2D eigenvalue weighted by Gasteiger charge is -2.13. The summed E-state index contributed by atoms with van der Waals surface area (Å²) < 4.78 is 10.1. The van der Waals surface area contributed by atoms with Crippen molar-refractivity contribution in [1.82, 2.24) is 20.1 Å². The minimum absolute atomic E-state index is 0. The van der Waals surface area contributed by atoms with Crippen LogP contribution in [0, 0.1) is 13.8 Å². The third kappa shape index (κ3) is 4.02. The number of benzene rings is 1. The second-order valence-electron chi connectivity index (χ2n) is 6.21. The summed E-state index contributed by atoms with van der Waals surface area (Å²) in [6.07, 6.45) is 1.65. The van der Waals surface area contributed by atoms with E-state index in [9.17, 15) is 4.79 Å². The van der Waals surface area contributed by atoms with Gasteiger partial charge in [-0.15, -0.1) is 12.4 Å². The molecule has 0 saturated heterocycles. The molecule has 0 amide bonds. The molecule has 0 saturated carbocycles. The van der Waals surface area contributed by atoms with Gasteiger partial charge in [0, 0.05) is 23.0 Å². The lowest BCUT2D eigenvalue weighted by atomic mass is 10.1. The molecule has 148 valence electrons. The summed E-state index contributed by atoms with van der Waals surface area (Å²) in [6.45, 7) is 3.66. The number of hydrogen-bond acceptors (Lipinski definition) is 8. The quantitative estimate of drug-likeness (QED) is 0.497. The number of carbonyl (C=O) groups is 1. The number of fused-ring (bicyclic) bond motifs is 1. The highest BCUT2D eigenvalue weighted by Gasteiger charge is 2.17. The summed E-state index contributed by atoms with van der Waals surface area (Å²) in [5, 5.41) is 8.01. The fourth-order valence-corrected chi connectivity index (χ4v) is 2.86. The molecular formula is C20H18ClN5O3. The van der Waals surface area contributed by atoms with E-state index in [0.29, 0.717) is 39.9 Å². The molecule has 0 aliphatic rings. The molecule has 1 aromatic carbocycles. The number of nitrogens with one attached hydrogen (secondary N) is 1. The number of halogens is 1. The SMILES string of the molecule is COC(=O)c1cccc(Nc2c(-c3nc(C)no3)cnc3nc(C)ccc23)c1.Cl. The van der Waals surface area contributed by atoms with Crippen molar-refractivity contribution < 1.29 is 14.1 Å². The molecule has 0 bridgehead atoms. The Morgan fingerprint density at radius 1 is 1.14 bits per heavy atom. The van der Waals surface area contributed by atoms with Crippen LogP contribution < -0.4 is 5.32 Å². The predicted molar refractivity (Wildman–Crippen MR) is 111 cm³/mol. The molecule has 1 N–H and O–H groups in total. The monoisotopic (exact) mass is 411 g/mol. The molecule has 0 aliphatic heterocycles. The summed E-state index contributed by atoms with van der Waals surface area (Å²) in [4.78, 5) is 25.1. The summed E-state index contributed by atoms with van der Waals surface area (Å²) in [6, 6.07) is 10.9. The molecular weight excluding hydrogens is 394 g/mol. The molecule has 4 rings (SSSR count). The van der Waals surface area contributed by atoms with E-state index in [1.165, 1.54) is 7.11 Å². The van der Waals surface area contributed by atoms with Gasteiger partial charge in [0.1, 0.15) is 0 Å². The van der Waals surface area contributed by atoms with Gasteiger partial charge >= 0.3 is 5.97 Å². The van der Waals surface area contributed by atoms with Crippen LogP contribution in [-0.2, 0) is 4.74 Å². The number of anilines is 2. The third-order valence-electron chi connectivity index (χ3n) is 4.18. The van der Waals surface area contributed by atoms with E-state index in [-0.39, 0.29) is 12.4 Å². The van der Waals surface area contributed by atoms with Gasteiger partial charge in [0.05, 0.1) is 23.9 Å². The minimum Gasteiger partial charge on any atom is -0.465 e. The molecule has 4 aromatic rings. The normalized spacial score (nSPS) is 10.4. The van der Waals surface area contributed by atoms with Crippen LogP contribution in [0.1, 0.15) is 21.9 Å². The average Bonchev–Trinajstić information content (AvgIpc) is 3.13. The maximum absolute atomic E-state index is 11.9. The maximum atomic E-state index is 11.9. The van der Waals surface area contributed by atoms with Crippen LogP contribution in [0.15, 0.2) is 47.1 Å². The zero-order chi connectivity index (χ0) is 19.7.